The number of anilines is 1. The average Bonchev–Trinajstić information content (AvgIpc) is 3.47. The van der Waals surface area contributed by atoms with Crippen LogP contribution in [0.5, 0.6) is 0 Å². The van der Waals surface area contributed by atoms with E-state index in [1.54, 1.807) is 55.7 Å². The Balaban J connectivity index is 1.42. The summed E-state index contributed by atoms with van der Waals surface area (Å²) in [6.07, 6.45) is 4.61. The van der Waals surface area contributed by atoms with E-state index in [1.165, 1.54) is 29.2 Å². The molecule has 4 heterocycles. The maximum atomic E-state index is 13.2. The second-order valence-corrected chi connectivity index (χ2v) is 8.76. The van der Waals surface area contributed by atoms with E-state index in [0.717, 1.165) is 5.56 Å². The van der Waals surface area contributed by atoms with Gasteiger partial charge in [0.15, 0.2) is 5.78 Å². The summed E-state index contributed by atoms with van der Waals surface area (Å²) in [6.45, 7) is 3.00. The third-order valence-corrected chi connectivity index (χ3v) is 6.53. The predicted octanol–water partition coefficient (Wildman–Crippen LogP) is 3.72. The van der Waals surface area contributed by atoms with Gasteiger partial charge in [0.05, 0.1) is 16.6 Å². The van der Waals surface area contributed by atoms with Crippen LogP contribution < -0.4 is 10.9 Å². The minimum Gasteiger partial charge on any atom is -0.333 e. The Labute approximate surface area is 202 Å². The summed E-state index contributed by atoms with van der Waals surface area (Å²) in [4.78, 5) is 51.3. The molecular formula is C24H18N6O4S. The van der Waals surface area contributed by atoms with Crippen LogP contribution in [0, 0.1) is 6.92 Å². The molecule has 0 bridgehead atoms. The van der Waals surface area contributed by atoms with Gasteiger partial charge in [0.2, 0.25) is 11.7 Å². The average molecular weight is 487 g/mol. The first-order valence-corrected chi connectivity index (χ1v) is 11.4. The molecule has 35 heavy (non-hydrogen) atoms. The SMILES string of the molecule is CC(=O)c1cccc(NC(=O)Cn2cnc3sc(-c4nc(-c5ccncc5)no4)c(C)c3c2=O)c1. The topological polar surface area (TPSA) is 133 Å². The number of ketones is 1. The van der Waals surface area contributed by atoms with Gasteiger partial charge in [-0.2, -0.15) is 4.98 Å². The van der Waals surface area contributed by atoms with Crippen molar-refractivity contribution < 1.29 is 14.1 Å². The summed E-state index contributed by atoms with van der Waals surface area (Å²) < 4.78 is 6.69. The summed E-state index contributed by atoms with van der Waals surface area (Å²) in [5.74, 6) is 0.173. The molecule has 1 amide bonds. The lowest BCUT2D eigenvalue weighted by Gasteiger charge is -2.08. The highest BCUT2D eigenvalue weighted by atomic mass is 32.1. The minimum absolute atomic E-state index is 0.107. The van der Waals surface area contributed by atoms with E-state index in [4.69, 9.17) is 4.52 Å². The Kier molecular flexibility index (Phi) is 5.75. The molecule has 0 aliphatic carbocycles. The van der Waals surface area contributed by atoms with Crippen LogP contribution in [0.3, 0.4) is 0 Å². The molecule has 10 nitrogen and oxygen atoms in total. The number of hydrogen-bond acceptors (Lipinski definition) is 9. The van der Waals surface area contributed by atoms with E-state index in [1.807, 2.05) is 0 Å². The van der Waals surface area contributed by atoms with Crippen LogP contribution >= 0.6 is 11.3 Å². The molecule has 11 heteroatoms. The quantitative estimate of drug-likeness (QED) is 0.359. The predicted molar refractivity (Wildman–Crippen MR) is 130 cm³/mol. The van der Waals surface area contributed by atoms with Gasteiger partial charge in [-0.05, 0) is 43.7 Å². The lowest BCUT2D eigenvalue weighted by molar-refractivity contribution is -0.116. The number of aromatic nitrogens is 5. The van der Waals surface area contributed by atoms with Gasteiger partial charge in [-0.3, -0.25) is 23.9 Å². The molecule has 0 aliphatic heterocycles. The van der Waals surface area contributed by atoms with Crippen LogP contribution in [0.4, 0.5) is 5.69 Å². The highest BCUT2D eigenvalue weighted by molar-refractivity contribution is 7.22. The van der Waals surface area contributed by atoms with Crippen molar-refractivity contribution >= 4 is 38.9 Å². The number of thiophene rings is 1. The molecule has 0 aliphatic rings. The zero-order valence-corrected chi connectivity index (χ0v) is 19.5. The van der Waals surface area contributed by atoms with E-state index >= 15 is 0 Å². The van der Waals surface area contributed by atoms with Gasteiger partial charge in [0.25, 0.3) is 11.4 Å². The zero-order chi connectivity index (χ0) is 24.5. The van der Waals surface area contributed by atoms with Crippen LogP contribution in [0.25, 0.3) is 32.4 Å². The van der Waals surface area contributed by atoms with Gasteiger partial charge in [-0.25, -0.2) is 4.98 Å². The number of aryl methyl sites for hydroxylation is 1. The number of fused-ring (bicyclic) bond motifs is 1. The van der Waals surface area contributed by atoms with Crippen LogP contribution in [0.1, 0.15) is 22.8 Å². The smallest absolute Gasteiger partial charge is 0.268 e. The fourth-order valence-corrected chi connectivity index (χ4v) is 4.64. The first kappa shape index (κ1) is 22.3. The summed E-state index contributed by atoms with van der Waals surface area (Å²) in [5, 5.41) is 7.13. The van der Waals surface area contributed by atoms with Crippen molar-refractivity contribution in [3.63, 3.8) is 0 Å². The van der Waals surface area contributed by atoms with E-state index in [-0.39, 0.29) is 23.8 Å². The molecule has 5 rings (SSSR count). The zero-order valence-electron chi connectivity index (χ0n) is 18.7. The molecular weight excluding hydrogens is 468 g/mol. The third-order valence-electron chi connectivity index (χ3n) is 5.34. The van der Waals surface area contributed by atoms with Gasteiger partial charge in [0, 0.05) is 29.2 Å². The second-order valence-electron chi connectivity index (χ2n) is 7.76. The number of carbonyl (C=O) groups is 2. The molecule has 0 fully saturated rings. The number of rotatable bonds is 6. The number of amides is 1. The minimum atomic E-state index is -0.416. The maximum Gasteiger partial charge on any atom is 0.268 e. The molecule has 0 atom stereocenters. The lowest BCUT2D eigenvalue weighted by Crippen LogP contribution is -2.27. The van der Waals surface area contributed by atoms with Gasteiger partial charge < -0.3 is 9.84 Å². The summed E-state index contributed by atoms with van der Waals surface area (Å²) in [5.41, 5.74) is 2.01. The molecule has 0 spiro atoms. The number of hydrogen-bond donors (Lipinski definition) is 1. The van der Waals surface area contributed by atoms with E-state index < -0.39 is 5.91 Å². The molecule has 4 aromatic heterocycles. The monoisotopic (exact) mass is 486 g/mol. The van der Waals surface area contributed by atoms with Crippen LogP contribution in [-0.4, -0.2) is 36.4 Å². The Hall–Kier alpha value is -4.51. The normalized spacial score (nSPS) is 11.0. The van der Waals surface area contributed by atoms with E-state index in [9.17, 15) is 14.4 Å². The van der Waals surface area contributed by atoms with Crippen molar-refractivity contribution in [3.05, 3.63) is 76.6 Å². The molecule has 174 valence electrons. The van der Waals surface area contributed by atoms with Crippen molar-refractivity contribution in [3.8, 4) is 22.2 Å². The summed E-state index contributed by atoms with van der Waals surface area (Å²) >= 11 is 1.27. The Morgan fingerprint density at radius 2 is 1.97 bits per heavy atom. The maximum absolute atomic E-state index is 13.2. The number of pyridine rings is 1. The number of benzene rings is 1. The second kappa shape index (κ2) is 9.03. The first-order valence-electron chi connectivity index (χ1n) is 10.5. The number of Topliss-reactive ketones (excluding diaryl/α,β-unsaturated/α-hetero) is 1. The fraction of sp³-hybridized carbons (Fsp3) is 0.125. The van der Waals surface area contributed by atoms with Crippen LogP contribution in [-0.2, 0) is 11.3 Å². The summed E-state index contributed by atoms with van der Waals surface area (Å²) in [6, 6.07) is 10.2. The Morgan fingerprint density at radius 1 is 1.17 bits per heavy atom. The number of nitrogens with zero attached hydrogens (tertiary/aromatic N) is 5. The molecule has 5 aromatic rings. The molecule has 1 N–H and O–H groups in total. The van der Waals surface area contributed by atoms with Gasteiger partial charge in [-0.15, -0.1) is 11.3 Å². The van der Waals surface area contributed by atoms with Crippen molar-refractivity contribution in [1.29, 1.82) is 0 Å². The Morgan fingerprint density at radius 3 is 2.74 bits per heavy atom. The van der Waals surface area contributed by atoms with Crippen molar-refractivity contribution in [2.24, 2.45) is 0 Å². The summed E-state index contributed by atoms with van der Waals surface area (Å²) in [7, 11) is 0. The van der Waals surface area contributed by atoms with Gasteiger partial charge in [-0.1, -0.05) is 17.3 Å². The first-order chi connectivity index (χ1) is 16.9. The highest BCUT2D eigenvalue weighted by Gasteiger charge is 2.21. The largest absolute Gasteiger partial charge is 0.333 e. The molecule has 0 radical (unpaired) electrons. The molecule has 0 saturated carbocycles. The van der Waals surface area contributed by atoms with E-state index in [0.29, 0.717) is 37.7 Å². The van der Waals surface area contributed by atoms with Crippen molar-refractivity contribution in [1.82, 2.24) is 24.7 Å². The highest BCUT2D eigenvalue weighted by Crippen LogP contribution is 2.35. The van der Waals surface area contributed by atoms with Crippen LogP contribution in [0.2, 0.25) is 0 Å². The number of carbonyl (C=O) groups excluding carboxylic acids is 2. The fourth-order valence-electron chi connectivity index (χ4n) is 3.58. The van der Waals surface area contributed by atoms with Crippen LogP contribution in [0.15, 0.2) is 64.4 Å². The lowest BCUT2D eigenvalue weighted by atomic mass is 10.1. The molecule has 1 aromatic carbocycles. The van der Waals surface area contributed by atoms with E-state index in [2.05, 4.69) is 25.4 Å². The van der Waals surface area contributed by atoms with Crippen molar-refractivity contribution in [2.75, 3.05) is 5.32 Å². The van der Waals surface area contributed by atoms with Gasteiger partial charge >= 0.3 is 0 Å². The standard InChI is InChI=1S/C24H18N6O4S/c1-13-19-23(35-20(13)22-28-21(29-34-22)15-6-8-25-9-7-15)26-12-30(24(19)33)11-18(32)27-17-5-3-4-16(10-17)14(2)31/h3-10,12H,11H2,1-2H3,(H,27,32). The number of nitrogens with one attached hydrogen (secondary N) is 1. The van der Waals surface area contributed by atoms with Crippen molar-refractivity contribution in [2.45, 2.75) is 20.4 Å². The molecule has 0 saturated heterocycles. The Bertz CT molecular complexity index is 1640. The third kappa shape index (κ3) is 4.36. The van der Waals surface area contributed by atoms with Gasteiger partial charge in [0.1, 0.15) is 11.4 Å². The molecule has 0 unspecified atom stereocenters.